The Bertz CT molecular complexity index is 949. The molecule has 9 heteroatoms. The van der Waals surface area contributed by atoms with E-state index >= 15 is 0 Å². The minimum absolute atomic E-state index is 0. The summed E-state index contributed by atoms with van der Waals surface area (Å²) in [5.41, 5.74) is 0.979. The van der Waals surface area contributed by atoms with Crippen molar-refractivity contribution in [2.75, 3.05) is 13.6 Å². The van der Waals surface area contributed by atoms with Gasteiger partial charge >= 0.3 is 0 Å². The number of guanidine groups is 1. The SMILES string of the molecule is CCc1cnc(CCNC(=NC)NCc2ccc(Oc3cccc(F)c3)nc2)s1.I. The van der Waals surface area contributed by atoms with Crippen LogP contribution in [-0.2, 0) is 19.4 Å². The molecule has 30 heavy (non-hydrogen) atoms. The smallest absolute Gasteiger partial charge is 0.219 e. The first kappa shape index (κ1) is 24.0. The average Bonchev–Trinajstić information content (AvgIpc) is 3.20. The molecule has 3 rings (SSSR count). The highest BCUT2D eigenvalue weighted by Crippen LogP contribution is 2.20. The van der Waals surface area contributed by atoms with Crippen molar-refractivity contribution in [2.24, 2.45) is 4.99 Å². The molecular formula is C21H25FIN5OS. The first-order valence-electron chi connectivity index (χ1n) is 9.42. The highest BCUT2D eigenvalue weighted by atomic mass is 127. The number of nitrogens with zero attached hydrogens (tertiary/aromatic N) is 3. The third-order valence-corrected chi connectivity index (χ3v) is 5.28. The van der Waals surface area contributed by atoms with Gasteiger partial charge in [-0.3, -0.25) is 4.99 Å². The molecule has 6 nitrogen and oxygen atoms in total. The Morgan fingerprint density at radius 3 is 2.70 bits per heavy atom. The number of ether oxygens (including phenoxy) is 1. The summed E-state index contributed by atoms with van der Waals surface area (Å²) in [7, 11) is 1.74. The highest BCUT2D eigenvalue weighted by molar-refractivity contribution is 14.0. The molecule has 0 aliphatic heterocycles. The second kappa shape index (κ2) is 12.4. The van der Waals surface area contributed by atoms with Gasteiger partial charge in [-0.2, -0.15) is 0 Å². The van der Waals surface area contributed by atoms with Crippen LogP contribution >= 0.6 is 35.3 Å². The van der Waals surface area contributed by atoms with Crippen molar-refractivity contribution in [3.63, 3.8) is 0 Å². The van der Waals surface area contributed by atoms with E-state index in [2.05, 4.69) is 32.5 Å². The molecule has 160 valence electrons. The number of aliphatic imine (C=N–C) groups is 1. The lowest BCUT2D eigenvalue weighted by Gasteiger charge is -2.11. The molecule has 0 amide bonds. The summed E-state index contributed by atoms with van der Waals surface area (Å²) in [4.78, 5) is 14.2. The molecule has 0 saturated carbocycles. The number of hydrogen-bond donors (Lipinski definition) is 2. The van der Waals surface area contributed by atoms with E-state index in [1.807, 2.05) is 12.3 Å². The number of benzene rings is 1. The summed E-state index contributed by atoms with van der Waals surface area (Å²) in [5, 5.41) is 7.67. The van der Waals surface area contributed by atoms with Crippen LogP contribution in [0.15, 0.2) is 53.8 Å². The van der Waals surface area contributed by atoms with E-state index in [9.17, 15) is 4.39 Å². The predicted molar refractivity (Wildman–Crippen MR) is 130 cm³/mol. The molecule has 0 radical (unpaired) electrons. The van der Waals surface area contributed by atoms with E-state index in [1.54, 1.807) is 42.8 Å². The Morgan fingerprint density at radius 2 is 2.03 bits per heavy atom. The first-order valence-corrected chi connectivity index (χ1v) is 10.2. The van der Waals surface area contributed by atoms with Crippen molar-refractivity contribution in [3.05, 3.63) is 70.1 Å². The Hall–Kier alpha value is -2.27. The summed E-state index contributed by atoms with van der Waals surface area (Å²) in [5.74, 6) is 1.20. The van der Waals surface area contributed by atoms with Crippen molar-refractivity contribution < 1.29 is 9.13 Å². The van der Waals surface area contributed by atoms with Gasteiger partial charge in [-0.05, 0) is 24.1 Å². The topological polar surface area (TPSA) is 71.4 Å². The third kappa shape index (κ3) is 7.52. The van der Waals surface area contributed by atoms with Gasteiger partial charge in [-0.15, -0.1) is 35.3 Å². The maximum absolute atomic E-state index is 13.2. The van der Waals surface area contributed by atoms with Gasteiger partial charge in [-0.1, -0.05) is 19.1 Å². The van der Waals surface area contributed by atoms with Crippen LogP contribution in [-0.4, -0.2) is 29.5 Å². The van der Waals surface area contributed by atoms with E-state index in [-0.39, 0.29) is 29.8 Å². The quantitative estimate of drug-likeness (QED) is 0.249. The van der Waals surface area contributed by atoms with Gasteiger partial charge in [0, 0.05) is 56.0 Å². The van der Waals surface area contributed by atoms with Crippen LogP contribution in [0.2, 0.25) is 0 Å². The van der Waals surface area contributed by atoms with Crippen LogP contribution in [0.25, 0.3) is 0 Å². The molecule has 2 N–H and O–H groups in total. The molecule has 0 aliphatic carbocycles. The number of pyridine rings is 1. The number of hydrogen-bond acceptors (Lipinski definition) is 5. The lowest BCUT2D eigenvalue weighted by molar-refractivity contribution is 0.457. The van der Waals surface area contributed by atoms with Crippen molar-refractivity contribution >= 4 is 41.3 Å². The van der Waals surface area contributed by atoms with Gasteiger partial charge in [0.15, 0.2) is 5.96 Å². The van der Waals surface area contributed by atoms with Gasteiger partial charge < -0.3 is 15.4 Å². The average molecular weight is 541 g/mol. The van der Waals surface area contributed by atoms with Gasteiger partial charge in [-0.25, -0.2) is 14.4 Å². The molecule has 0 aliphatic rings. The molecular weight excluding hydrogens is 516 g/mol. The van der Waals surface area contributed by atoms with E-state index in [1.165, 1.54) is 17.0 Å². The fourth-order valence-electron chi connectivity index (χ4n) is 2.55. The fourth-order valence-corrected chi connectivity index (χ4v) is 3.41. The normalized spacial score (nSPS) is 11.0. The maximum atomic E-state index is 13.2. The maximum Gasteiger partial charge on any atom is 0.219 e. The number of aryl methyl sites for hydroxylation is 1. The molecule has 2 heterocycles. The van der Waals surface area contributed by atoms with Crippen molar-refractivity contribution in [2.45, 2.75) is 26.3 Å². The molecule has 2 aromatic heterocycles. The van der Waals surface area contributed by atoms with Crippen LogP contribution in [0.3, 0.4) is 0 Å². The van der Waals surface area contributed by atoms with Gasteiger partial charge in [0.1, 0.15) is 11.6 Å². The number of halogens is 2. The number of rotatable bonds is 8. The zero-order valence-electron chi connectivity index (χ0n) is 16.9. The Balaban J connectivity index is 0.00000320. The summed E-state index contributed by atoms with van der Waals surface area (Å²) in [6, 6.07) is 9.63. The Kier molecular flexibility index (Phi) is 9.95. The standard InChI is InChI=1S/C21H24FN5OS.HI/c1-3-18-14-26-20(29-18)9-10-24-21(23-2)27-13-15-7-8-19(25-12-15)28-17-6-4-5-16(22)11-17;/h4-8,11-12,14H,3,9-10,13H2,1-2H3,(H2,23,24,27);1H. The monoisotopic (exact) mass is 541 g/mol. The summed E-state index contributed by atoms with van der Waals surface area (Å²) in [6.07, 6.45) is 5.55. The van der Waals surface area contributed by atoms with E-state index in [4.69, 9.17) is 4.74 Å². The zero-order chi connectivity index (χ0) is 20.5. The van der Waals surface area contributed by atoms with Crippen molar-refractivity contribution in [3.8, 4) is 11.6 Å². The van der Waals surface area contributed by atoms with Crippen LogP contribution in [0, 0.1) is 5.82 Å². The van der Waals surface area contributed by atoms with Gasteiger partial charge in [0.25, 0.3) is 0 Å². The molecule has 0 fully saturated rings. The Labute approximate surface area is 197 Å². The molecule has 0 unspecified atom stereocenters. The fraction of sp³-hybridized carbons (Fsp3) is 0.286. The van der Waals surface area contributed by atoms with E-state index in [0.717, 1.165) is 35.9 Å². The summed E-state index contributed by atoms with van der Waals surface area (Å²) < 4.78 is 18.8. The minimum Gasteiger partial charge on any atom is -0.439 e. The predicted octanol–water partition coefficient (Wildman–Crippen LogP) is 4.56. The van der Waals surface area contributed by atoms with Crippen LogP contribution in [0.1, 0.15) is 22.4 Å². The zero-order valence-corrected chi connectivity index (χ0v) is 20.0. The minimum atomic E-state index is -0.345. The molecule has 0 saturated heterocycles. The number of nitrogens with one attached hydrogen (secondary N) is 2. The lowest BCUT2D eigenvalue weighted by atomic mass is 10.3. The van der Waals surface area contributed by atoms with Crippen molar-refractivity contribution in [1.29, 1.82) is 0 Å². The Morgan fingerprint density at radius 1 is 1.17 bits per heavy atom. The largest absolute Gasteiger partial charge is 0.439 e. The van der Waals surface area contributed by atoms with E-state index < -0.39 is 0 Å². The number of thiazole rings is 1. The summed E-state index contributed by atoms with van der Waals surface area (Å²) in [6.45, 7) is 3.47. The van der Waals surface area contributed by atoms with Gasteiger partial charge in [0.2, 0.25) is 5.88 Å². The van der Waals surface area contributed by atoms with Crippen LogP contribution < -0.4 is 15.4 Å². The van der Waals surface area contributed by atoms with Crippen LogP contribution in [0.5, 0.6) is 11.6 Å². The van der Waals surface area contributed by atoms with Crippen LogP contribution in [0.4, 0.5) is 4.39 Å². The first-order chi connectivity index (χ1) is 14.2. The second-order valence-corrected chi connectivity index (χ2v) is 7.44. The molecule has 1 aromatic carbocycles. The van der Waals surface area contributed by atoms with E-state index in [0.29, 0.717) is 18.2 Å². The van der Waals surface area contributed by atoms with Crippen molar-refractivity contribution in [1.82, 2.24) is 20.6 Å². The molecule has 0 bridgehead atoms. The highest BCUT2D eigenvalue weighted by Gasteiger charge is 2.04. The summed E-state index contributed by atoms with van der Waals surface area (Å²) >= 11 is 1.75. The molecule has 0 spiro atoms. The molecule has 3 aromatic rings. The third-order valence-electron chi connectivity index (χ3n) is 4.08. The second-order valence-electron chi connectivity index (χ2n) is 6.24. The van der Waals surface area contributed by atoms with Gasteiger partial charge in [0.05, 0.1) is 5.01 Å². The molecule has 0 atom stereocenters. The lowest BCUT2D eigenvalue weighted by Crippen LogP contribution is -2.37. The number of aromatic nitrogens is 2.